The average Bonchev–Trinajstić information content (AvgIpc) is 3.77. The molecule has 0 fully saturated rings. The van der Waals surface area contributed by atoms with Gasteiger partial charge in [0.1, 0.15) is 30.1 Å². The highest BCUT2D eigenvalue weighted by molar-refractivity contribution is 6.23. The lowest BCUT2D eigenvalue weighted by Gasteiger charge is -2.43. The van der Waals surface area contributed by atoms with E-state index >= 15 is 0 Å². The van der Waals surface area contributed by atoms with Gasteiger partial charge in [0.15, 0.2) is 28.7 Å². The van der Waals surface area contributed by atoms with Crippen LogP contribution in [0.25, 0.3) is 5.76 Å². The number of aliphatic hydroxyl groups is 2. The fourth-order valence-corrected chi connectivity index (χ4v) is 7.66. The molecule has 2 N–H and O–H groups in total. The number of nitrogens with zero attached hydrogens (tertiary/aromatic N) is 4. The van der Waals surface area contributed by atoms with Crippen LogP contribution in [0.15, 0.2) is 99.6 Å². The molecule has 0 radical (unpaired) electrons. The normalized spacial score (nSPS) is 24.3. The Bertz CT molecular complexity index is 2120. The lowest BCUT2D eigenvalue weighted by atomic mass is 9.65. The van der Waals surface area contributed by atoms with Crippen LogP contribution in [0.2, 0.25) is 0 Å². The zero-order valence-electron chi connectivity index (χ0n) is 29.8. The van der Waals surface area contributed by atoms with Crippen LogP contribution in [-0.4, -0.2) is 81.5 Å². The first-order valence-electron chi connectivity index (χ1n) is 17.3. The molecule has 0 amide bonds. The zero-order chi connectivity index (χ0) is 37.4. The summed E-state index contributed by atoms with van der Waals surface area (Å²) in [7, 11) is 7.45. The van der Waals surface area contributed by atoms with Crippen molar-refractivity contribution in [2.24, 2.45) is 11.8 Å². The summed E-state index contributed by atoms with van der Waals surface area (Å²) in [5.74, 6) is -1.31. The van der Waals surface area contributed by atoms with Crippen LogP contribution < -0.4 is 9.47 Å². The van der Waals surface area contributed by atoms with E-state index in [0.29, 0.717) is 42.1 Å². The van der Waals surface area contributed by atoms with E-state index in [-0.39, 0.29) is 47.4 Å². The Hall–Kier alpha value is -5.63. The predicted molar refractivity (Wildman–Crippen MR) is 191 cm³/mol. The van der Waals surface area contributed by atoms with Crippen molar-refractivity contribution in [3.8, 4) is 11.8 Å². The van der Waals surface area contributed by atoms with E-state index in [1.807, 2.05) is 90.6 Å². The van der Waals surface area contributed by atoms with Gasteiger partial charge >= 0.3 is 0 Å². The molecule has 0 saturated carbocycles. The highest BCUT2D eigenvalue weighted by Crippen LogP contribution is 2.50. The summed E-state index contributed by atoms with van der Waals surface area (Å²) in [5.41, 5.74) is 0.585. The van der Waals surface area contributed by atoms with Crippen molar-refractivity contribution in [3.05, 3.63) is 124 Å². The number of ether oxygens (including phenoxy) is 2. The molecule has 53 heavy (non-hydrogen) atoms. The zero-order valence-corrected chi connectivity index (χ0v) is 29.8. The summed E-state index contributed by atoms with van der Waals surface area (Å²) in [4.78, 5) is 41.8. The first-order valence-corrected chi connectivity index (χ1v) is 17.3. The number of fused-ring (bicyclic) bond motifs is 4. The van der Waals surface area contributed by atoms with Gasteiger partial charge in [0, 0.05) is 17.4 Å². The van der Waals surface area contributed by atoms with Gasteiger partial charge in [0.25, 0.3) is 11.8 Å². The Morgan fingerprint density at radius 3 is 1.85 bits per heavy atom. The summed E-state index contributed by atoms with van der Waals surface area (Å²) < 4.78 is 22.5. The van der Waals surface area contributed by atoms with Crippen molar-refractivity contribution < 1.29 is 43.1 Å². The summed E-state index contributed by atoms with van der Waals surface area (Å²) >= 11 is 0. The number of hydrogen-bond acceptors (Lipinski definition) is 13. The number of ketones is 3. The summed E-state index contributed by atoms with van der Waals surface area (Å²) in [6, 6.07) is 18.4. The summed E-state index contributed by atoms with van der Waals surface area (Å²) in [5, 5.41) is 29.9. The van der Waals surface area contributed by atoms with Crippen LogP contribution >= 0.6 is 0 Å². The maximum absolute atomic E-state index is 13.1. The number of rotatable bonds is 8. The Labute approximate surface area is 305 Å². The first-order chi connectivity index (χ1) is 25.5. The fraction of sp³-hybridized carbons (Fsp3) is 0.325. The minimum atomic E-state index is -2.13. The molecule has 5 atom stereocenters. The summed E-state index contributed by atoms with van der Waals surface area (Å²) in [6.45, 7) is 0.488. The highest BCUT2D eigenvalue weighted by atomic mass is 16.5. The lowest BCUT2D eigenvalue weighted by molar-refractivity contribution is -0.137. The van der Waals surface area contributed by atoms with Crippen LogP contribution in [0.5, 0.6) is 11.8 Å². The van der Waals surface area contributed by atoms with Gasteiger partial charge in [-0.15, -0.1) is 0 Å². The number of Topliss-reactive ketones (excluding diaryl/α,β-unsaturated/α-hetero) is 1. The number of carbonyl (C=O) groups is 3. The van der Waals surface area contributed by atoms with E-state index in [2.05, 4.69) is 10.3 Å². The third-order valence-electron chi connectivity index (χ3n) is 10.2. The molecule has 2 aromatic carbocycles. The van der Waals surface area contributed by atoms with Crippen LogP contribution in [0, 0.1) is 11.8 Å². The Morgan fingerprint density at radius 1 is 0.755 bits per heavy atom. The van der Waals surface area contributed by atoms with Crippen molar-refractivity contribution in [1.82, 2.24) is 20.1 Å². The maximum atomic E-state index is 13.1. The quantitative estimate of drug-likeness (QED) is 0.228. The van der Waals surface area contributed by atoms with E-state index in [9.17, 15) is 24.6 Å². The largest absolute Gasteiger partial charge is 0.507 e. The minimum Gasteiger partial charge on any atom is -0.507 e. The van der Waals surface area contributed by atoms with E-state index < -0.39 is 29.1 Å². The van der Waals surface area contributed by atoms with Gasteiger partial charge in [0.05, 0.1) is 12.1 Å². The third kappa shape index (κ3) is 6.30. The van der Waals surface area contributed by atoms with Crippen LogP contribution in [0.3, 0.4) is 0 Å². The number of aliphatic hydroxyl groups excluding tert-OH is 1. The topological polar surface area (TPSA) is 169 Å². The molecule has 2 heterocycles. The van der Waals surface area contributed by atoms with Crippen molar-refractivity contribution in [1.29, 1.82) is 0 Å². The second-order valence-electron chi connectivity index (χ2n) is 13.9. The molecule has 0 bridgehead atoms. The van der Waals surface area contributed by atoms with Crippen LogP contribution in [0.4, 0.5) is 0 Å². The van der Waals surface area contributed by atoms with Crippen LogP contribution in [0.1, 0.15) is 63.5 Å². The number of benzene rings is 2. The van der Waals surface area contributed by atoms with Crippen molar-refractivity contribution in [2.45, 2.75) is 43.7 Å². The van der Waals surface area contributed by atoms with Crippen molar-refractivity contribution in [2.75, 3.05) is 28.2 Å². The van der Waals surface area contributed by atoms with Gasteiger partial charge in [-0.1, -0.05) is 72.8 Å². The van der Waals surface area contributed by atoms with Crippen molar-refractivity contribution in [3.63, 3.8) is 0 Å². The van der Waals surface area contributed by atoms with Gasteiger partial charge in [-0.25, -0.2) is 0 Å². The molecule has 2 aromatic heterocycles. The number of allylic oxidation sites excluding steroid dienone is 3. The van der Waals surface area contributed by atoms with E-state index in [4.69, 9.17) is 18.5 Å². The van der Waals surface area contributed by atoms with Gasteiger partial charge in [-0.3, -0.25) is 24.2 Å². The third-order valence-corrected chi connectivity index (χ3v) is 10.2. The molecule has 0 aliphatic heterocycles. The lowest BCUT2D eigenvalue weighted by Crippen LogP contribution is -2.59. The Kier molecular flexibility index (Phi) is 9.73. The molecule has 4 aliphatic carbocycles. The molecule has 0 saturated heterocycles. The van der Waals surface area contributed by atoms with E-state index in [0.717, 1.165) is 11.1 Å². The number of carbonyl (C=O) groups excluding carboxylic acids is 3. The molecular weight excluding hydrogens is 680 g/mol. The van der Waals surface area contributed by atoms with E-state index in [1.165, 1.54) is 12.2 Å². The molecule has 4 aliphatic rings. The van der Waals surface area contributed by atoms with Crippen molar-refractivity contribution >= 4 is 23.1 Å². The SMILES string of the molecule is CN(C)[C@H]1c2onc(OCc3ccccc3)c2C(=O)[C@@]2(O)C(=O)C=CC[C@@H]12.CN(C)[C@H]1c2onc(OCc3ccccc3)c2C(O)=C2C(=O)C=CC[C@H]21. The summed E-state index contributed by atoms with van der Waals surface area (Å²) in [6.07, 6.45) is 7.35. The first kappa shape index (κ1) is 35.8. The van der Waals surface area contributed by atoms with Gasteiger partial charge < -0.3 is 28.7 Å². The Morgan fingerprint density at radius 2 is 1.28 bits per heavy atom. The molecule has 13 heteroatoms. The minimum absolute atomic E-state index is 0.0000638. The number of aromatic nitrogens is 2. The number of hydrogen-bond donors (Lipinski definition) is 2. The maximum Gasteiger partial charge on any atom is 0.265 e. The standard InChI is InChI=1S/C20H20N2O5.C20H20N2O4/c1-22(2)16-13-9-6-10-14(23)20(13,25)18(24)15-17(16)27-21-19(15)26-11-12-7-4-3-5-8-12;1-22(2)17-13-9-6-10-14(23)15(13)18(24)16-19(17)26-21-20(16)25-11-12-7-4-3-5-8-12/h3-8,10,13,16,25H,9,11H2,1-2H3;3-8,10,13,17,24H,9,11H2,1-2H3/t13-,16+,20-;13-,17-/m01/s1. The highest BCUT2D eigenvalue weighted by Gasteiger charge is 2.61. The predicted octanol–water partition coefficient (Wildman–Crippen LogP) is 5.21. The second kappa shape index (κ2) is 14.4. The van der Waals surface area contributed by atoms with E-state index in [1.54, 1.807) is 20.2 Å². The molecule has 0 unspecified atom stereocenters. The molecule has 8 rings (SSSR count). The molecule has 274 valence electrons. The second-order valence-corrected chi connectivity index (χ2v) is 13.9. The molecule has 4 aromatic rings. The average molecular weight is 721 g/mol. The molecule has 0 spiro atoms. The molecule has 13 nitrogen and oxygen atoms in total. The monoisotopic (exact) mass is 720 g/mol. The van der Waals surface area contributed by atoms with Gasteiger partial charge in [-0.2, -0.15) is 0 Å². The van der Waals surface area contributed by atoms with Crippen LogP contribution in [-0.2, 0) is 22.8 Å². The fourth-order valence-electron chi connectivity index (χ4n) is 7.66. The van der Waals surface area contributed by atoms with Gasteiger partial charge in [-0.05, 0) is 74.6 Å². The smallest absolute Gasteiger partial charge is 0.265 e. The Balaban J connectivity index is 0.000000164. The van der Waals surface area contributed by atoms with Gasteiger partial charge in [0.2, 0.25) is 5.78 Å². The molecular formula is C40H40N4O9.